The lowest BCUT2D eigenvalue weighted by atomic mass is 9.82. The molecule has 0 bridgehead atoms. The number of rotatable bonds is 3. The fourth-order valence-electron chi connectivity index (χ4n) is 2.92. The molecule has 0 aromatic heterocycles. The van der Waals surface area contributed by atoms with Gasteiger partial charge in [0.15, 0.2) is 9.84 Å². The Balaban J connectivity index is 2.08. The van der Waals surface area contributed by atoms with Gasteiger partial charge in [0, 0.05) is 6.54 Å². The molecule has 0 aliphatic carbocycles. The number of hydrogen-bond acceptors (Lipinski definition) is 4. The van der Waals surface area contributed by atoms with Gasteiger partial charge >= 0.3 is 0 Å². The van der Waals surface area contributed by atoms with Crippen LogP contribution in [0.1, 0.15) is 33.1 Å². The Hall–Kier alpha value is -0.620. The van der Waals surface area contributed by atoms with Crippen molar-refractivity contribution in [2.24, 2.45) is 5.41 Å². The van der Waals surface area contributed by atoms with Crippen LogP contribution in [0.25, 0.3) is 0 Å². The molecule has 5 nitrogen and oxygen atoms in total. The summed E-state index contributed by atoms with van der Waals surface area (Å²) < 4.78 is 23.1. The maximum absolute atomic E-state index is 12.4. The molecule has 2 aliphatic heterocycles. The number of carbonyl (C=O) groups excluding carboxylic acids is 1. The molecule has 2 atom stereocenters. The molecule has 0 spiro atoms. The molecule has 2 unspecified atom stereocenters. The van der Waals surface area contributed by atoms with Gasteiger partial charge in [-0.3, -0.25) is 4.79 Å². The Labute approximate surface area is 109 Å². The monoisotopic (exact) mass is 274 g/mol. The van der Waals surface area contributed by atoms with Crippen molar-refractivity contribution in [2.45, 2.75) is 38.6 Å². The molecule has 0 aromatic carbocycles. The lowest BCUT2D eigenvalue weighted by molar-refractivity contribution is -0.131. The first kappa shape index (κ1) is 13.8. The van der Waals surface area contributed by atoms with E-state index in [2.05, 4.69) is 10.6 Å². The smallest absolute Gasteiger partial charge is 0.227 e. The third-order valence-corrected chi connectivity index (χ3v) is 6.22. The highest BCUT2D eigenvalue weighted by Gasteiger charge is 2.45. The molecule has 2 N–H and O–H groups in total. The molecule has 2 fully saturated rings. The summed E-state index contributed by atoms with van der Waals surface area (Å²) in [5, 5.41) is 6.21. The molecule has 18 heavy (non-hydrogen) atoms. The summed E-state index contributed by atoms with van der Waals surface area (Å²) in [6.45, 7) is 5.40. The van der Waals surface area contributed by atoms with Gasteiger partial charge in [-0.05, 0) is 32.7 Å². The fourth-order valence-corrected chi connectivity index (χ4v) is 5.01. The Kier molecular flexibility index (Phi) is 3.44. The SMILES string of the molecule is CCC1(C(=O)NC2(C)CCS(=O)(=O)C2)CCNC1. The highest BCUT2D eigenvalue weighted by atomic mass is 32.2. The quantitative estimate of drug-likeness (QED) is 0.763. The van der Waals surface area contributed by atoms with Crippen molar-refractivity contribution in [1.82, 2.24) is 10.6 Å². The van der Waals surface area contributed by atoms with Crippen molar-refractivity contribution >= 4 is 15.7 Å². The number of carbonyl (C=O) groups is 1. The maximum Gasteiger partial charge on any atom is 0.227 e. The molecule has 2 saturated heterocycles. The van der Waals surface area contributed by atoms with Crippen molar-refractivity contribution < 1.29 is 13.2 Å². The van der Waals surface area contributed by atoms with Crippen molar-refractivity contribution in [3.63, 3.8) is 0 Å². The summed E-state index contributed by atoms with van der Waals surface area (Å²) in [6, 6.07) is 0. The largest absolute Gasteiger partial charge is 0.349 e. The van der Waals surface area contributed by atoms with Crippen molar-refractivity contribution in [2.75, 3.05) is 24.6 Å². The van der Waals surface area contributed by atoms with Crippen LogP contribution in [-0.4, -0.2) is 44.5 Å². The average molecular weight is 274 g/mol. The Morgan fingerprint density at radius 2 is 2.11 bits per heavy atom. The summed E-state index contributed by atoms with van der Waals surface area (Å²) in [7, 11) is -2.98. The summed E-state index contributed by atoms with van der Waals surface area (Å²) in [4.78, 5) is 12.4. The zero-order chi connectivity index (χ0) is 13.4. The molecule has 1 amide bonds. The zero-order valence-corrected chi connectivity index (χ0v) is 11.9. The second-order valence-electron chi connectivity index (χ2n) is 5.92. The second kappa shape index (κ2) is 4.49. The lowest BCUT2D eigenvalue weighted by Gasteiger charge is -2.32. The van der Waals surface area contributed by atoms with E-state index >= 15 is 0 Å². The van der Waals surface area contributed by atoms with Crippen molar-refractivity contribution in [3.05, 3.63) is 0 Å². The van der Waals surface area contributed by atoms with E-state index in [1.807, 2.05) is 13.8 Å². The van der Waals surface area contributed by atoms with Crippen LogP contribution >= 0.6 is 0 Å². The van der Waals surface area contributed by atoms with E-state index in [0.717, 1.165) is 19.4 Å². The Bertz CT molecular complexity index is 440. The van der Waals surface area contributed by atoms with Gasteiger partial charge in [-0.2, -0.15) is 0 Å². The third-order valence-electron chi connectivity index (χ3n) is 4.32. The minimum atomic E-state index is -2.98. The second-order valence-corrected chi connectivity index (χ2v) is 8.10. The van der Waals surface area contributed by atoms with Crippen LogP contribution in [0, 0.1) is 5.41 Å². The summed E-state index contributed by atoms with van der Waals surface area (Å²) >= 11 is 0. The van der Waals surface area contributed by atoms with Crippen LogP contribution in [0.5, 0.6) is 0 Å². The van der Waals surface area contributed by atoms with E-state index in [-0.39, 0.29) is 22.8 Å². The van der Waals surface area contributed by atoms with Crippen LogP contribution in [0.2, 0.25) is 0 Å². The molecule has 0 saturated carbocycles. The number of nitrogens with one attached hydrogen (secondary N) is 2. The molecule has 0 aromatic rings. The minimum Gasteiger partial charge on any atom is -0.349 e. The summed E-state index contributed by atoms with van der Waals surface area (Å²) in [5.74, 6) is 0.259. The van der Waals surface area contributed by atoms with Gasteiger partial charge in [0.25, 0.3) is 0 Å². The van der Waals surface area contributed by atoms with Crippen LogP contribution in [-0.2, 0) is 14.6 Å². The zero-order valence-electron chi connectivity index (χ0n) is 11.1. The van der Waals surface area contributed by atoms with Crippen molar-refractivity contribution in [3.8, 4) is 0 Å². The lowest BCUT2D eigenvalue weighted by Crippen LogP contribution is -2.53. The Morgan fingerprint density at radius 1 is 1.39 bits per heavy atom. The normalized spacial score (nSPS) is 38.8. The first-order chi connectivity index (χ1) is 8.31. The van der Waals surface area contributed by atoms with Gasteiger partial charge < -0.3 is 10.6 Å². The Morgan fingerprint density at radius 3 is 2.56 bits per heavy atom. The van der Waals surface area contributed by atoms with Crippen LogP contribution in [0.15, 0.2) is 0 Å². The van der Waals surface area contributed by atoms with Gasteiger partial charge in [0.1, 0.15) is 0 Å². The van der Waals surface area contributed by atoms with Crippen LogP contribution in [0.4, 0.5) is 0 Å². The van der Waals surface area contributed by atoms with Gasteiger partial charge in [0.05, 0.1) is 22.5 Å². The highest BCUT2D eigenvalue weighted by Crippen LogP contribution is 2.32. The number of sulfone groups is 1. The predicted octanol–water partition coefficient (Wildman–Crippen LogP) is 0.0695. The summed E-state index contributed by atoms with van der Waals surface area (Å²) in [6.07, 6.45) is 2.14. The first-order valence-corrected chi connectivity index (χ1v) is 8.37. The molecular formula is C12H22N2O3S. The van der Waals surface area contributed by atoms with Gasteiger partial charge in [-0.1, -0.05) is 6.92 Å². The van der Waals surface area contributed by atoms with Gasteiger partial charge in [0.2, 0.25) is 5.91 Å². The minimum absolute atomic E-state index is 0.00889. The topological polar surface area (TPSA) is 75.3 Å². The molecule has 2 rings (SSSR count). The molecule has 2 aliphatic rings. The van der Waals surface area contributed by atoms with E-state index in [9.17, 15) is 13.2 Å². The standard InChI is InChI=1S/C12H22N2O3S/c1-3-12(4-6-13-8-12)10(15)14-11(2)5-7-18(16,17)9-11/h13H,3-9H2,1-2H3,(H,14,15). The van der Waals surface area contributed by atoms with Crippen LogP contribution in [0.3, 0.4) is 0 Å². The average Bonchev–Trinajstić information content (AvgIpc) is 2.84. The van der Waals surface area contributed by atoms with E-state index in [1.165, 1.54) is 0 Å². The van der Waals surface area contributed by atoms with Gasteiger partial charge in [-0.15, -0.1) is 0 Å². The molecule has 104 valence electrons. The van der Waals surface area contributed by atoms with Crippen molar-refractivity contribution in [1.29, 1.82) is 0 Å². The fraction of sp³-hybridized carbons (Fsp3) is 0.917. The number of amides is 1. The molecular weight excluding hydrogens is 252 g/mol. The molecule has 6 heteroatoms. The number of hydrogen-bond donors (Lipinski definition) is 2. The first-order valence-electron chi connectivity index (χ1n) is 6.55. The summed E-state index contributed by atoms with van der Waals surface area (Å²) in [5.41, 5.74) is -0.934. The van der Waals surface area contributed by atoms with E-state index in [4.69, 9.17) is 0 Å². The molecule has 2 heterocycles. The third kappa shape index (κ3) is 2.54. The van der Waals surface area contributed by atoms with E-state index in [1.54, 1.807) is 0 Å². The molecule has 0 radical (unpaired) electrons. The maximum atomic E-state index is 12.4. The predicted molar refractivity (Wildman–Crippen MR) is 70.0 cm³/mol. The van der Waals surface area contributed by atoms with E-state index < -0.39 is 15.4 Å². The van der Waals surface area contributed by atoms with Crippen LogP contribution < -0.4 is 10.6 Å². The van der Waals surface area contributed by atoms with E-state index in [0.29, 0.717) is 13.0 Å². The highest BCUT2D eigenvalue weighted by molar-refractivity contribution is 7.91. The van der Waals surface area contributed by atoms with Gasteiger partial charge in [-0.25, -0.2) is 8.42 Å².